The molecule has 0 heterocycles. The monoisotopic (exact) mass is 213 g/mol. The van der Waals surface area contributed by atoms with Gasteiger partial charge in [-0.05, 0) is 19.4 Å². The van der Waals surface area contributed by atoms with Crippen molar-refractivity contribution in [1.29, 1.82) is 0 Å². The second-order valence-corrected chi connectivity index (χ2v) is 4.05. The minimum absolute atomic E-state index is 0.278. The standard InChI is InChI=1S/C12H23NO2/c1-6-13(8-10(3)4)9-11(5)12(14)15-7-2/h10H,5-9H2,1-4H3. The number of hydrogen-bond acceptors (Lipinski definition) is 3. The van der Waals surface area contributed by atoms with Crippen LogP contribution in [-0.2, 0) is 9.53 Å². The largest absolute Gasteiger partial charge is 0.463 e. The van der Waals surface area contributed by atoms with Crippen LogP contribution in [0.2, 0.25) is 0 Å². The minimum atomic E-state index is -0.278. The molecule has 0 rings (SSSR count). The van der Waals surface area contributed by atoms with Gasteiger partial charge in [0.1, 0.15) is 0 Å². The second-order valence-electron chi connectivity index (χ2n) is 4.05. The lowest BCUT2D eigenvalue weighted by Gasteiger charge is -2.22. The van der Waals surface area contributed by atoms with E-state index in [1.165, 1.54) is 0 Å². The van der Waals surface area contributed by atoms with Gasteiger partial charge in [-0.25, -0.2) is 4.79 Å². The molecule has 3 nitrogen and oxygen atoms in total. The molecule has 88 valence electrons. The van der Waals surface area contributed by atoms with Crippen molar-refractivity contribution in [2.75, 3.05) is 26.2 Å². The highest BCUT2D eigenvalue weighted by Crippen LogP contribution is 2.03. The highest BCUT2D eigenvalue weighted by Gasteiger charge is 2.12. The SMILES string of the molecule is C=C(CN(CC)CC(C)C)C(=O)OCC. The first-order chi connectivity index (χ1) is 7.01. The van der Waals surface area contributed by atoms with Gasteiger partial charge in [-0.1, -0.05) is 27.4 Å². The minimum Gasteiger partial charge on any atom is -0.463 e. The van der Waals surface area contributed by atoms with E-state index in [9.17, 15) is 4.79 Å². The van der Waals surface area contributed by atoms with Crippen molar-refractivity contribution in [1.82, 2.24) is 4.90 Å². The van der Waals surface area contributed by atoms with Gasteiger partial charge in [0.05, 0.1) is 6.61 Å². The van der Waals surface area contributed by atoms with Gasteiger partial charge in [-0.3, -0.25) is 4.90 Å². The Balaban J connectivity index is 4.06. The highest BCUT2D eigenvalue weighted by atomic mass is 16.5. The summed E-state index contributed by atoms with van der Waals surface area (Å²) < 4.78 is 4.89. The number of ether oxygens (including phenoxy) is 1. The Morgan fingerprint density at radius 2 is 2.00 bits per heavy atom. The fourth-order valence-electron chi connectivity index (χ4n) is 1.39. The van der Waals surface area contributed by atoms with Crippen LogP contribution in [0.1, 0.15) is 27.7 Å². The van der Waals surface area contributed by atoms with Crippen LogP contribution < -0.4 is 0 Å². The number of carbonyl (C=O) groups is 1. The maximum Gasteiger partial charge on any atom is 0.334 e. The first-order valence-corrected chi connectivity index (χ1v) is 5.58. The predicted octanol–water partition coefficient (Wildman–Crippen LogP) is 2.08. The number of hydrogen-bond donors (Lipinski definition) is 0. The summed E-state index contributed by atoms with van der Waals surface area (Å²) in [5.41, 5.74) is 0.541. The summed E-state index contributed by atoms with van der Waals surface area (Å²) in [6.45, 7) is 14.9. The van der Waals surface area contributed by atoms with E-state index in [-0.39, 0.29) is 5.97 Å². The molecule has 0 radical (unpaired) electrons. The number of nitrogens with zero attached hydrogens (tertiary/aromatic N) is 1. The van der Waals surface area contributed by atoms with Crippen molar-refractivity contribution in [2.24, 2.45) is 5.92 Å². The molecule has 0 saturated heterocycles. The average Bonchev–Trinajstić information content (AvgIpc) is 2.16. The fraction of sp³-hybridized carbons (Fsp3) is 0.750. The summed E-state index contributed by atoms with van der Waals surface area (Å²) in [5.74, 6) is 0.319. The van der Waals surface area contributed by atoms with E-state index in [4.69, 9.17) is 4.74 Å². The summed E-state index contributed by atoms with van der Waals surface area (Å²) in [6, 6.07) is 0. The Morgan fingerprint density at radius 1 is 1.40 bits per heavy atom. The van der Waals surface area contributed by atoms with Gasteiger partial charge in [0.25, 0.3) is 0 Å². The molecule has 0 aromatic heterocycles. The summed E-state index contributed by atoms with van der Waals surface area (Å²) in [6.07, 6.45) is 0. The Kier molecular flexibility index (Phi) is 7.05. The molecule has 0 fully saturated rings. The number of rotatable bonds is 7. The van der Waals surface area contributed by atoms with Crippen molar-refractivity contribution in [3.05, 3.63) is 12.2 Å². The molecule has 0 spiro atoms. The molecule has 0 aromatic carbocycles. The topological polar surface area (TPSA) is 29.5 Å². The molecule has 0 aliphatic heterocycles. The van der Waals surface area contributed by atoms with Crippen LogP contribution in [0.25, 0.3) is 0 Å². The van der Waals surface area contributed by atoms with Crippen molar-refractivity contribution < 1.29 is 9.53 Å². The maximum atomic E-state index is 11.3. The van der Waals surface area contributed by atoms with Gasteiger partial charge in [-0.2, -0.15) is 0 Å². The van der Waals surface area contributed by atoms with Gasteiger partial charge in [0, 0.05) is 18.7 Å². The molecule has 15 heavy (non-hydrogen) atoms. The molecule has 0 aliphatic carbocycles. The fourth-order valence-corrected chi connectivity index (χ4v) is 1.39. The van der Waals surface area contributed by atoms with Crippen molar-refractivity contribution in [3.8, 4) is 0 Å². The predicted molar refractivity (Wildman–Crippen MR) is 62.7 cm³/mol. The van der Waals surface area contributed by atoms with E-state index >= 15 is 0 Å². The number of esters is 1. The molecule has 0 aliphatic rings. The van der Waals surface area contributed by atoms with Gasteiger partial charge < -0.3 is 4.74 Å². The van der Waals surface area contributed by atoms with Gasteiger partial charge in [0.2, 0.25) is 0 Å². The maximum absolute atomic E-state index is 11.3. The zero-order valence-corrected chi connectivity index (χ0v) is 10.4. The van der Waals surface area contributed by atoms with E-state index in [0.717, 1.165) is 13.1 Å². The summed E-state index contributed by atoms with van der Waals surface area (Å²) in [7, 11) is 0. The van der Waals surface area contributed by atoms with Crippen LogP contribution in [0.5, 0.6) is 0 Å². The molecule has 0 unspecified atom stereocenters. The van der Waals surface area contributed by atoms with E-state index in [2.05, 4.69) is 32.3 Å². The van der Waals surface area contributed by atoms with Crippen LogP contribution in [0, 0.1) is 5.92 Å². The van der Waals surface area contributed by atoms with Crippen molar-refractivity contribution >= 4 is 5.97 Å². The first-order valence-electron chi connectivity index (χ1n) is 5.58. The number of carbonyl (C=O) groups excluding carboxylic acids is 1. The third-order valence-electron chi connectivity index (χ3n) is 2.05. The van der Waals surface area contributed by atoms with Crippen LogP contribution in [0.3, 0.4) is 0 Å². The Hall–Kier alpha value is -0.830. The summed E-state index contributed by atoms with van der Waals surface area (Å²) in [5, 5.41) is 0. The smallest absolute Gasteiger partial charge is 0.334 e. The van der Waals surface area contributed by atoms with Crippen LogP contribution in [0.15, 0.2) is 12.2 Å². The third-order valence-corrected chi connectivity index (χ3v) is 2.05. The first kappa shape index (κ1) is 14.2. The molecule has 0 aromatic rings. The van der Waals surface area contributed by atoms with E-state index in [1.54, 1.807) is 6.92 Å². The molecular weight excluding hydrogens is 190 g/mol. The van der Waals surface area contributed by atoms with Gasteiger partial charge >= 0.3 is 5.97 Å². The van der Waals surface area contributed by atoms with Crippen molar-refractivity contribution in [3.63, 3.8) is 0 Å². The second kappa shape index (κ2) is 7.46. The van der Waals surface area contributed by atoms with E-state index in [0.29, 0.717) is 24.6 Å². The zero-order valence-electron chi connectivity index (χ0n) is 10.4. The van der Waals surface area contributed by atoms with Crippen molar-refractivity contribution in [2.45, 2.75) is 27.7 Å². The Morgan fingerprint density at radius 3 is 2.40 bits per heavy atom. The quantitative estimate of drug-likeness (QED) is 0.479. The van der Waals surface area contributed by atoms with E-state index < -0.39 is 0 Å². The molecular formula is C12H23NO2. The third kappa shape index (κ3) is 6.28. The Bertz CT molecular complexity index is 212. The normalized spacial score (nSPS) is 10.8. The molecule has 3 heteroatoms. The lowest BCUT2D eigenvalue weighted by molar-refractivity contribution is -0.138. The molecule has 0 N–H and O–H groups in total. The van der Waals surface area contributed by atoms with Crippen LogP contribution >= 0.6 is 0 Å². The lowest BCUT2D eigenvalue weighted by atomic mass is 10.2. The summed E-state index contributed by atoms with van der Waals surface area (Å²) in [4.78, 5) is 13.5. The van der Waals surface area contributed by atoms with Gasteiger partial charge in [0.15, 0.2) is 0 Å². The van der Waals surface area contributed by atoms with Crippen LogP contribution in [-0.4, -0.2) is 37.1 Å². The molecule has 0 amide bonds. The average molecular weight is 213 g/mol. The molecule has 0 bridgehead atoms. The molecule has 0 saturated carbocycles. The van der Waals surface area contributed by atoms with Gasteiger partial charge in [-0.15, -0.1) is 0 Å². The Labute approximate surface area is 93.1 Å². The zero-order chi connectivity index (χ0) is 11.8. The van der Waals surface area contributed by atoms with E-state index in [1.807, 2.05) is 0 Å². The summed E-state index contributed by atoms with van der Waals surface area (Å²) >= 11 is 0. The molecule has 0 atom stereocenters. The van der Waals surface area contributed by atoms with Crippen LogP contribution in [0.4, 0.5) is 0 Å². The number of likely N-dealkylation sites (N-methyl/N-ethyl adjacent to an activating group) is 1. The highest BCUT2D eigenvalue weighted by molar-refractivity contribution is 5.88. The lowest BCUT2D eigenvalue weighted by Crippen LogP contribution is -2.31.